The highest BCUT2D eigenvalue weighted by Crippen LogP contribution is 2.28. The monoisotopic (exact) mass is 441 g/mol. The maximum absolute atomic E-state index is 13.1. The predicted molar refractivity (Wildman–Crippen MR) is 123 cm³/mol. The van der Waals surface area contributed by atoms with Crippen LogP contribution in [0, 0.1) is 13.8 Å². The molecule has 0 aliphatic rings. The van der Waals surface area contributed by atoms with E-state index in [1.54, 1.807) is 0 Å². The van der Waals surface area contributed by atoms with E-state index in [1.165, 1.54) is 0 Å². The summed E-state index contributed by atoms with van der Waals surface area (Å²) in [5, 5.41) is 17.3. The second kappa shape index (κ2) is 8.74. The molecule has 0 fully saturated rings. The third-order valence-corrected chi connectivity index (χ3v) is 5.66. The molecule has 0 saturated carbocycles. The fourth-order valence-corrected chi connectivity index (χ4v) is 3.82. The van der Waals surface area contributed by atoms with Gasteiger partial charge in [0.1, 0.15) is 23.9 Å². The Kier molecular flexibility index (Phi) is 5.48. The van der Waals surface area contributed by atoms with Crippen LogP contribution in [0.15, 0.2) is 65.3 Å². The van der Waals surface area contributed by atoms with Crippen molar-refractivity contribution < 1.29 is 14.1 Å². The van der Waals surface area contributed by atoms with Gasteiger partial charge in [-0.15, -0.1) is 10.2 Å². The van der Waals surface area contributed by atoms with E-state index in [1.807, 2.05) is 79.0 Å². The second-order valence-electron chi connectivity index (χ2n) is 7.84. The minimum Gasteiger partial charge on any atom is -0.488 e. The van der Waals surface area contributed by atoms with E-state index >= 15 is 0 Å². The summed E-state index contributed by atoms with van der Waals surface area (Å²) in [5.41, 5.74) is 2.92. The van der Waals surface area contributed by atoms with Crippen LogP contribution < -0.4 is 10.1 Å². The second-order valence-corrected chi connectivity index (χ2v) is 7.84. The van der Waals surface area contributed by atoms with Crippen LogP contribution in [-0.2, 0) is 13.0 Å². The Balaban J connectivity index is 1.36. The van der Waals surface area contributed by atoms with Crippen molar-refractivity contribution in [1.29, 1.82) is 0 Å². The number of aryl methyl sites for hydroxylation is 2. The molecule has 2 aromatic carbocycles. The lowest BCUT2D eigenvalue weighted by Crippen LogP contribution is -2.26. The molecule has 0 unspecified atom stereocenters. The first kappa shape index (κ1) is 20.7. The molecule has 3 heterocycles. The van der Waals surface area contributed by atoms with Crippen molar-refractivity contribution in [2.45, 2.75) is 26.9 Å². The molecule has 0 spiro atoms. The summed E-state index contributed by atoms with van der Waals surface area (Å²) in [6, 6.07) is 17.4. The van der Waals surface area contributed by atoms with Crippen LogP contribution in [-0.4, -0.2) is 32.2 Å². The van der Waals surface area contributed by atoms with Gasteiger partial charge in [0.2, 0.25) is 0 Å². The average molecular weight is 441 g/mol. The molecule has 0 bridgehead atoms. The van der Waals surface area contributed by atoms with Crippen LogP contribution >= 0.6 is 0 Å². The Hall–Kier alpha value is -4.20. The van der Waals surface area contributed by atoms with Gasteiger partial charge in [0.25, 0.3) is 5.91 Å². The van der Waals surface area contributed by atoms with E-state index in [-0.39, 0.29) is 12.5 Å². The van der Waals surface area contributed by atoms with E-state index in [2.05, 4.69) is 20.7 Å². The summed E-state index contributed by atoms with van der Waals surface area (Å²) in [7, 11) is 0. The van der Waals surface area contributed by atoms with Crippen LogP contribution in [0.1, 0.15) is 33.2 Å². The number of fused-ring (bicyclic) bond motifs is 2. The summed E-state index contributed by atoms with van der Waals surface area (Å²) >= 11 is 0. The first-order valence-electron chi connectivity index (χ1n) is 10.7. The van der Waals surface area contributed by atoms with Gasteiger partial charge in [0.05, 0.1) is 16.8 Å². The zero-order valence-electron chi connectivity index (χ0n) is 18.4. The van der Waals surface area contributed by atoms with E-state index in [0.29, 0.717) is 30.0 Å². The summed E-state index contributed by atoms with van der Waals surface area (Å²) in [6.45, 7) is 4.41. The molecular weight excluding hydrogens is 418 g/mol. The lowest BCUT2D eigenvalue weighted by Gasteiger charge is -2.13. The van der Waals surface area contributed by atoms with Gasteiger partial charge in [-0.3, -0.25) is 9.20 Å². The molecule has 33 heavy (non-hydrogen) atoms. The lowest BCUT2D eigenvalue weighted by molar-refractivity contribution is 0.0949. The molecule has 166 valence electrons. The number of rotatable bonds is 7. The predicted octanol–water partition coefficient (Wildman–Crippen LogP) is 4.04. The molecule has 0 aliphatic carbocycles. The van der Waals surface area contributed by atoms with Crippen molar-refractivity contribution in [3.63, 3.8) is 0 Å². The van der Waals surface area contributed by atoms with E-state index in [4.69, 9.17) is 9.26 Å². The standard InChI is InChI=1S/C25H23N5O3/c1-16-21(17(2)33-29-16)15-32-22-14-19-8-4-3-7-18(19)13-20(22)25(31)26-11-10-24-28-27-23-9-5-6-12-30(23)24/h3-9,12-14H,10-11,15H2,1-2H3,(H,26,31). The molecule has 0 saturated heterocycles. The van der Waals surface area contributed by atoms with Crippen LogP contribution in [0.25, 0.3) is 16.4 Å². The molecule has 0 atom stereocenters. The van der Waals surface area contributed by atoms with Crippen LogP contribution in [0.5, 0.6) is 5.75 Å². The van der Waals surface area contributed by atoms with Crippen LogP contribution in [0.2, 0.25) is 0 Å². The minimum atomic E-state index is -0.205. The summed E-state index contributed by atoms with van der Waals surface area (Å²) in [5.74, 6) is 1.81. The number of pyridine rings is 1. The number of nitrogens with zero attached hydrogens (tertiary/aromatic N) is 4. The highest BCUT2D eigenvalue weighted by molar-refractivity contribution is 6.01. The van der Waals surface area contributed by atoms with Crippen molar-refractivity contribution in [3.8, 4) is 5.75 Å². The Morgan fingerprint density at radius 1 is 1.06 bits per heavy atom. The Labute approximate surface area is 190 Å². The Bertz CT molecular complexity index is 1430. The molecular formula is C25H23N5O3. The largest absolute Gasteiger partial charge is 0.488 e. The van der Waals surface area contributed by atoms with Gasteiger partial charge in [-0.2, -0.15) is 0 Å². The maximum Gasteiger partial charge on any atom is 0.255 e. The van der Waals surface area contributed by atoms with Gasteiger partial charge in [-0.05, 0) is 48.9 Å². The van der Waals surface area contributed by atoms with E-state index in [0.717, 1.165) is 33.5 Å². The number of hydrogen-bond donors (Lipinski definition) is 1. The van der Waals surface area contributed by atoms with Crippen molar-refractivity contribution >= 4 is 22.3 Å². The fraction of sp³-hybridized carbons (Fsp3) is 0.200. The summed E-state index contributed by atoms with van der Waals surface area (Å²) < 4.78 is 13.2. The first-order chi connectivity index (χ1) is 16.1. The van der Waals surface area contributed by atoms with Gasteiger partial charge in [-0.1, -0.05) is 35.5 Å². The topological polar surface area (TPSA) is 94.5 Å². The minimum absolute atomic E-state index is 0.205. The van der Waals surface area contributed by atoms with Crippen LogP contribution in [0.4, 0.5) is 0 Å². The summed E-state index contributed by atoms with van der Waals surface area (Å²) in [4.78, 5) is 13.1. The molecule has 0 radical (unpaired) electrons. The molecule has 1 N–H and O–H groups in total. The number of benzene rings is 2. The third-order valence-electron chi connectivity index (χ3n) is 5.66. The number of amides is 1. The zero-order chi connectivity index (χ0) is 22.8. The van der Waals surface area contributed by atoms with Crippen molar-refractivity contribution in [3.05, 3.63) is 89.2 Å². The number of hydrogen-bond acceptors (Lipinski definition) is 6. The zero-order valence-corrected chi connectivity index (χ0v) is 18.4. The molecule has 5 rings (SSSR count). The van der Waals surface area contributed by atoms with Gasteiger partial charge >= 0.3 is 0 Å². The van der Waals surface area contributed by atoms with E-state index < -0.39 is 0 Å². The lowest BCUT2D eigenvalue weighted by atomic mass is 10.1. The number of nitrogens with one attached hydrogen (secondary N) is 1. The van der Waals surface area contributed by atoms with Gasteiger partial charge in [0, 0.05) is 19.2 Å². The van der Waals surface area contributed by atoms with Crippen molar-refractivity contribution in [1.82, 2.24) is 25.1 Å². The SMILES string of the molecule is Cc1noc(C)c1COc1cc2ccccc2cc1C(=O)NCCc1nnc2ccccn12. The number of ether oxygens (including phenoxy) is 1. The average Bonchev–Trinajstić information content (AvgIpc) is 3.39. The number of carbonyl (C=O) groups is 1. The maximum atomic E-state index is 13.1. The number of carbonyl (C=O) groups excluding carboxylic acids is 1. The van der Waals surface area contributed by atoms with Crippen LogP contribution in [0.3, 0.4) is 0 Å². The van der Waals surface area contributed by atoms with Gasteiger partial charge < -0.3 is 14.6 Å². The molecule has 1 amide bonds. The third kappa shape index (κ3) is 4.15. The highest BCUT2D eigenvalue weighted by atomic mass is 16.5. The van der Waals surface area contributed by atoms with Crippen molar-refractivity contribution in [2.75, 3.05) is 6.54 Å². The molecule has 5 aromatic rings. The van der Waals surface area contributed by atoms with Crippen molar-refractivity contribution in [2.24, 2.45) is 0 Å². The first-order valence-corrected chi connectivity index (χ1v) is 10.7. The summed E-state index contributed by atoms with van der Waals surface area (Å²) in [6.07, 6.45) is 2.47. The number of aromatic nitrogens is 4. The Morgan fingerprint density at radius 2 is 1.85 bits per heavy atom. The Morgan fingerprint density at radius 3 is 2.64 bits per heavy atom. The van der Waals surface area contributed by atoms with Gasteiger partial charge in [-0.25, -0.2) is 0 Å². The quantitative estimate of drug-likeness (QED) is 0.410. The molecule has 0 aliphatic heterocycles. The van der Waals surface area contributed by atoms with E-state index in [9.17, 15) is 4.79 Å². The normalized spacial score (nSPS) is 11.2. The molecule has 8 nitrogen and oxygen atoms in total. The fourth-order valence-electron chi connectivity index (χ4n) is 3.82. The van der Waals surface area contributed by atoms with Gasteiger partial charge in [0.15, 0.2) is 5.65 Å². The highest BCUT2D eigenvalue weighted by Gasteiger charge is 2.17. The molecule has 8 heteroatoms. The smallest absolute Gasteiger partial charge is 0.255 e. The molecule has 3 aromatic heterocycles.